The van der Waals surface area contributed by atoms with E-state index in [2.05, 4.69) is 15.3 Å². The first-order chi connectivity index (χ1) is 19.5. The number of hydrogen-bond donors (Lipinski definition) is 4. The molecule has 1 aliphatic rings. The lowest BCUT2D eigenvalue weighted by atomic mass is 9.97. The molecule has 0 spiro atoms. The van der Waals surface area contributed by atoms with Crippen LogP contribution in [0.2, 0.25) is 0 Å². The number of benzene rings is 1. The third-order valence-corrected chi connectivity index (χ3v) is 8.56. The molecule has 5 N–H and O–H groups in total. The number of ether oxygens (including phenoxy) is 1. The van der Waals surface area contributed by atoms with Gasteiger partial charge in [0.1, 0.15) is 29.9 Å². The first kappa shape index (κ1) is 28.2. The molecule has 0 aliphatic carbocycles. The summed E-state index contributed by atoms with van der Waals surface area (Å²) in [5, 5.41) is 36.7. The summed E-state index contributed by atoms with van der Waals surface area (Å²) < 4.78 is 8.12. The monoisotopic (exact) mass is 581 g/mol. The quantitative estimate of drug-likeness (QED) is 0.172. The Balaban J connectivity index is 1.45. The third-order valence-electron chi connectivity index (χ3n) is 7.10. The van der Waals surface area contributed by atoms with E-state index in [0.29, 0.717) is 23.8 Å². The van der Waals surface area contributed by atoms with Crippen LogP contribution in [0.1, 0.15) is 44.0 Å². The number of carbonyl (C=O) groups excluding carboxylic acids is 1. The molecule has 0 radical (unpaired) electrons. The van der Waals surface area contributed by atoms with Gasteiger partial charge in [0.25, 0.3) is 5.91 Å². The Morgan fingerprint density at radius 2 is 1.93 bits per heavy atom. The van der Waals surface area contributed by atoms with Crippen molar-refractivity contribution in [2.75, 3.05) is 5.73 Å². The predicted molar refractivity (Wildman–Crippen MR) is 149 cm³/mol. The number of hydrogen-bond acceptors (Lipinski definition) is 10. The van der Waals surface area contributed by atoms with Crippen molar-refractivity contribution in [2.24, 2.45) is 7.05 Å². The average Bonchev–Trinajstić information content (AvgIpc) is 3.55. The second-order valence-corrected chi connectivity index (χ2v) is 11.2. The van der Waals surface area contributed by atoms with Crippen LogP contribution in [0.5, 0.6) is 0 Å². The summed E-state index contributed by atoms with van der Waals surface area (Å²) in [6.45, 7) is 1.91. The van der Waals surface area contributed by atoms with Crippen molar-refractivity contribution in [2.45, 2.75) is 44.4 Å². The molecule has 3 aromatic heterocycles. The number of anilines is 1. The molecule has 1 saturated heterocycles. The van der Waals surface area contributed by atoms with E-state index in [0.717, 1.165) is 26.6 Å². The van der Waals surface area contributed by atoms with E-state index in [1.807, 2.05) is 37.3 Å². The Labute approximate surface area is 234 Å². The number of carbonyl (C=O) groups is 1. The smallest absolute Gasteiger partial charge is 0.390 e. The number of rotatable bonds is 8. The fraction of sp³-hybridized carbons (Fsp3) is 0.308. The highest BCUT2D eigenvalue weighted by molar-refractivity contribution is 7.33. The van der Waals surface area contributed by atoms with Crippen molar-refractivity contribution < 1.29 is 24.7 Å². The van der Waals surface area contributed by atoms with E-state index >= 15 is 0 Å². The number of nitrogen functional groups attached to an aromatic ring is 1. The molecular weight excluding hydrogens is 553 g/mol. The van der Waals surface area contributed by atoms with Crippen LogP contribution in [0.25, 0.3) is 0 Å². The average molecular weight is 582 g/mol. The maximum absolute atomic E-state index is 13.6. The number of aliphatic hydroxyl groups is 2. The lowest BCUT2D eigenvalue weighted by Crippen LogP contribution is -2.43. The maximum atomic E-state index is 13.6. The molecule has 0 saturated carbocycles. The highest BCUT2D eigenvalue weighted by atomic mass is 31.0. The van der Waals surface area contributed by atoms with Crippen molar-refractivity contribution in [3.05, 3.63) is 102 Å². The van der Waals surface area contributed by atoms with Crippen molar-refractivity contribution in [1.82, 2.24) is 24.4 Å². The molecule has 5 rings (SSSR count). The molecule has 15 heteroatoms. The van der Waals surface area contributed by atoms with Gasteiger partial charge in [-0.05, 0) is 46.3 Å². The fourth-order valence-electron chi connectivity index (χ4n) is 4.92. The summed E-state index contributed by atoms with van der Waals surface area (Å²) in [7, 11) is 1.57. The van der Waals surface area contributed by atoms with Crippen molar-refractivity contribution in [3.63, 3.8) is 0 Å². The van der Waals surface area contributed by atoms with Gasteiger partial charge in [0, 0.05) is 12.6 Å². The van der Waals surface area contributed by atoms with Gasteiger partial charge in [-0.2, -0.15) is 4.98 Å². The number of nitro groups is 1. The van der Waals surface area contributed by atoms with Gasteiger partial charge >= 0.3 is 11.6 Å². The second kappa shape index (κ2) is 11.3. The van der Waals surface area contributed by atoms with Gasteiger partial charge < -0.3 is 36.1 Å². The lowest BCUT2D eigenvalue weighted by Gasteiger charge is -2.17. The van der Waals surface area contributed by atoms with E-state index in [-0.39, 0.29) is 20.0 Å². The molecular formula is C26H28N7O7P. The minimum atomic E-state index is -1.53. The predicted octanol–water partition coefficient (Wildman–Crippen LogP) is 0.995. The van der Waals surface area contributed by atoms with Gasteiger partial charge in [-0.3, -0.25) is 9.36 Å². The zero-order chi connectivity index (χ0) is 29.4. The maximum Gasteiger partial charge on any atom is 0.434 e. The zero-order valence-corrected chi connectivity index (χ0v) is 23.1. The van der Waals surface area contributed by atoms with Crippen molar-refractivity contribution in [3.8, 4) is 0 Å². The van der Waals surface area contributed by atoms with Crippen LogP contribution in [0.3, 0.4) is 0 Å². The van der Waals surface area contributed by atoms with E-state index in [1.54, 1.807) is 7.05 Å². The molecule has 0 bridgehead atoms. The van der Waals surface area contributed by atoms with Crippen LogP contribution in [0.15, 0.2) is 53.6 Å². The molecule has 41 heavy (non-hydrogen) atoms. The van der Waals surface area contributed by atoms with E-state index < -0.39 is 41.2 Å². The summed E-state index contributed by atoms with van der Waals surface area (Å²) in [4.78, 5) is 44.2. The Bertz CT molecular complexity index is 1670. The first-order valence-corrected chi connectivity index (χ1v) is 13.6. The molecule has 1 amide bonds. The molecule has 1 fully saturated rings. The van der Waals surface area contributed by atoms with Gasteiger partial charge in [0.2, 0.25) is 0 Å². The minimum Gasteiger partial charge on any atom is -0.390 e. The Morgan fingerprint density at radius 3 is 2.59 bits per heavy atom. The number of aryl methyl sites for hydroxylation is 1. The topological polar surface area (TPSA) is 201 Å². The highest BCUT2D eigenvalue weighted by Gasteiger charge is 2.45. The second-order valence-electron chi connectivity index (χ2n) is 9.73. The number of imidazole rings is 1. The van der Waals surface area contributed by atoms with Crippen molar-refractivity contribution in [1.29, 1.82) is 0 Å². The standard InChI is InChI=1S/C26H28N7O7P/c1-13-16(11-15-12-28-25(31(15)2)33(38)39)17(10-14-6-4-3-5-7-14)21(41-13)22(36)30-23-19(34)20(35)24(40-23)32-9-8-18(27)29-26(32)37/h3-9,12,19-20,23-24,34-35,41H,10-11H2,1-2H3,(H,30,36)(H2,27,29,37)/t19-,20-,23+,24+/m0/s1. The van der Waals surface area contributed by atoms with Gasteiger partial charge in [0.15, 0.2) is 12.5 Å². The Kier molecular flexibility index (Phi) is 7.74. The lowest BCUT2D eigenvalue weighted by molar-refractivity contribution is -0.396. The van der Waals surface area contributed by atoms with Gasteiger partial charge in [-0.15, -0.1) is 8.19 Å². The Morgan fingerprint density at radius 1 is 1.20 bits per heavy atom. The van der Waals surface area contributed by atoms with Gasteiger partial charge in [-0.25, -0.2) is 9.36 Å². The van der Waals surface area contributed by atoms with Crippen LogP contribution in [0.4, 0.5) is 11.8 Å². The number of aliphatic hydroxyl groups excluding tert-OH is 2. The Hall–Kier alpha value is -4.36. The SMILES string of the molecule is Cc1[pH]c(C(=O)N[C@@H]2O[C@@H](n3ccc(N)nc3=O)[C@@H](O)[C@@H]2O)c(Cc2ccccc2)c1Cc1cnc([N+](=O)[O-])n1C. The number of nitrogens with zero attached hydrogens (tertiary/aromatic N) is 5. The van der Waals surface area contributed by atoms with Crippen molar-refractivity contribution >= 4 is 25.9 Å². The molecule has 1 unspecified atom stereocenters. The van der Waals surface area contributed by atoms with E-state index in [4.69, 9.17) is 10.5 Å². The van der Waals surface area contributed by atoms with Crippen LogP contribution in [-0.2, 0) is 24.6 Å². The summed E-state index contributed by atoms with van der Waals surface area (Å²) in [5.74, 6) is -0.788. The summed E-state index contributed by atoms with van der Waals surface area (Å²) in [5.41, 5.74) is 7.97. The van der Waals surface area contributed by atoms with E-state index in [9.17, 15) is 29.9 Å². The van der Waals surface area contributed by atoms with Crippen LogP contribution in [-0.4, -0.2) is 58.6 Å². The third kappa shape index (κ3) is 5.50. The molecule has 4 aromatic rings. The summed E-state index contributed by atoms with van der Waals surface area (Å²) >= 11 is 0. The molecule has 5 atom stereocenters. The summed E-state index contributed by atoms with van der Waals surface area (Å²) in [6, 6.07) is 10.9. The number of amides is 1. The summed E-state index contributed by atoms with van der Waals surface area (Å²) in [6.07, 6.45) is -2.17. The molecule has 1 aromatic carbocycles. The fourth-order valence-corrected chi connectivity index (χ4v) is 6.26. The normalized spacial score (nSPS) is 20.5. The minimum absolute atomic E-state index is 0.00630. The number of nitrogens with two attached hydrogens (primary N) is 1. The van der Waals surface area contributed by atoms with Gasteiger partial charge in [-0.1, -0.05) is 35.3 Å². The van der Waals surface area contributed by atoms with Gasteiger partial charge in [0.05, 0.1) is 12.3 Å². The number of aromatic nitrogens is 4. The first-order valence-electron chi connectivity index (χ1n) is 12.6. The molecule has 214 valence electrons. The van der Waals surface area contributed by atoms with Crippen LogP contribution < -0.4 is 16.7 Å². The van der Waals surface area contributed by atoms with Crippen LogP contribution >= 0.6 is 8.19 Å². The highest BCUT2D eigenvalue weighted by Crippen LogP contribution is 2.36. The number of nitrogens with one attached hydrogen (secondary N) is 1. The largest absolute Gasteiger partial charge is 0.434 e. The van der Waals surface area contributed by atoms with Crippen LogP contribution in [0, 0.1) is 17.0 Å². The zero-order valence-electron chi connectivity index (χ0n) is 22.1. The molecule has 1 aliphatic heterocycles. The molecule has 4 heterocycles. The molecule has 14 nitrogen and oxygen atoms in total. The van der Waals surface area contributed by atoms with E-state index in [1.165, 1.54) is 23.0 Å².